The summed E-state index contributed by atoms with van der Waals surface area (Å²) in [6.45, 7) is 0.111. The van der Waals surface area contributed by atoms with Crippen molar-refractivity contribution in [3.63, 3.8) is 0 Å². The van der Waals surface area contributed by atoms with Crippen molar-refractivity contribution in [1.82, 2.24) is 4.90 Å². The molecule has 2 aliphatic heterocycles. The van der Waals surface area contributed by atoms with Crippen LogP contribution in [0.1, 0.15) is 36.8 Å². The van der Waals surface area contributed by atoms with Crippen molar-refractivity contribution < 1.29 is 31.1 Å². The number of hydrogen-bond donors (Lipinski definition) is 2. The number of nitrogens with zero attached hydrogens (tertiary/aromatic N) is 2. The number of fused-ring (bicyclic) bond motifs is 3. The number of hydrogen-bond acceptors (Lipinski definition) is 8. The molecule has 3 saturated carbocycles. The molecule has 214 valence electrons. The fourth-order valence-corrected chi connectivity index (χ4v) is 10.1. The molecule has 0 spiro atoms. The van der Waals surface area contributed by atoms with Gasteiger partial charge >= 0.3 is 0 Å². The molecule has 9 nitrogen and oxygen atoms in total. The lowest BCUT2D eigenvalue weighted by Crippen LogP contribution is -2.60. The lowest BCUT2D eigenvalue weighted by Gasteiger charge is -2.54. The first kappa shape index (κ1) is 27.7. The highest BCUT2D eigenvalue weighted by atomic mass is 35.5. The Bertz CT molecular complexity index is 1690. The predicted molar refractivity (Wildman–Crippen MR) is 150 cm³/mol. The molecule has 3 fully saturated rings. The Labute approximate surface area is 240 Å². The van der Waals surface area contributed by atoms with Gasteiger partial charge in [-0.3, -0.25) is 4.79 Å². The Morgan fingerprint density at radius 3 is 2.60 bits per heavy atom. The third-order valence-corrected chi connectivity index (χ3v) is 12.1. The largest absolute Gasteiger partial charge is 0.511 e. The number of nitrogens with one attached hydrogen (secondary N) is 1. The van der Waals surface area contributed by atoms with Crippen LogP contribution in [0.4, 0.5) is 9.39 Å². The molecule has 2 atom stereocenters. The molecule has 7 rings (SSSR count). The van der Waals surface area contributed by atoms with Crippen LogP contribution in [0, 0.1) is 23.6 Å². The molecule has 2 unspecified atom stereocenters. The Balaban J connectivity index is 1.41. The minimum absolute atomic E-state index is 0.00410. The summed E-state index contributed by atoms with van der Waals surface area (Å²) >= 11 is 7.09. The Morgan fingerprint density at radius 2 is 1.93 bits per heavy atom. The van der Waals surface area contributed by atoms with E-state index in [1.807, 2.05) is 0 Å². The van der Waals surface area contributed by atoms with Gasteiger partial charge in [-0.05, 0) is 72.6 Å². The standard InChI is InChI=1S/C26H27ClFN3O6S3/c1-39(34,35)9-8-16-12-38-25-23(16)40(36,37)30-24(29-25)20-22(32)19-14-3-5-15(6-4-14)21(19)31(26(20)33)11-13-2-7-18(28)17(27)10-13/h2,7,10,12,14-15,19,21,32H,3-6,8-9,11H2,1H3,(H,29,30). The maximum atomic E-state index is 14.1. The van der Waals surface area contributed by atoms with E-state index in [1.165, 1.54) is 12.1 Å². The molecule has 14 heteroatoms. The summed E-state index contributed by atoms with van der Waals surface area (Å²) in [6.07, 6.45) is 4.71. The van der Waals surface area contributed by atoms with Gasteiger partial charge in [0.1, 0.15) is 36.9 Å². The molecular formula is C26H27ClFN3O6S3. The lowest BCUT2D eigenvalue weighted by atomic mass is 9.59. The van der Waals surface area contributed by atoms with Crippen LogP contribution >= 0.6 is 22.9 Å². The number of sulfone groups is 1. The van der Waals surface area contributed by atoms with Crippen molar-refractivity contribution in [3.8, 4) is 0 Å². The van der Waals surface area contributed by atoms with Gasteiger partial charge in [0.05, 0.1) is 10.8 Å². The van der Waals surface area contributed by atoms with E-state index < -0.39 is 31.6 Å². The monoisotopic (exact) mass is 627 g/mol. The van der Waals surface area contributed by atoms with E-state index in [-0.39, 0.29) is 74.6 Å². The zero-order chi connectivity index (χ0) is 28.6. The summed E-state index contributed by atoms with van der Waals surface area (Å²) in [5.41, 5.74) is 0.749. The number of halogens is 2. The number of amides is 1. The van der Waals surface area contributed by atoms with Crippen molar-refractivity contribution in [2.45, 2.75) is 49.6 Å². The summed E-state index contributed by atoms with van der Waals surface area (Å²) in [6, 6.07) is 3.98. The zero-order valence-electron chi connectivity index (χ0n) is 21.4. The number of thiophene rings is 1. The Kier molecular flexibility index (Phi) is 6.79. The van der Waals surface area contributed by atoms with Gasteiger partial charge < -0.3 is 15.3 Å². The highest BCUT2D eigenvalue weighted by molar-refractivity contribution is 7.91. The smallest absolute Gasteiger partial charge is 0.287 e. The van der Waals surface area contributed by atoms with Gasteiger partial charge in [-0.25, -0.2) is 12.8 Å². The maximum Gasteiger partial charge on any atom is 0.287 e. The second-order valence-electron chi connectivity index (χ2n) is 11.0. The summed E-state index contributed by atoms with van der Waals surface area (Å²) in [4.78, 5) is 15.6. The predicted octanol–water partition coefficient (Wildman–Crippen LogP) is 4.30. The van der Waals surface area contributed by atoms with Crippen molar-refractivity contribution >= 4 is 59.5 Å². The second-order valence-corrected chi connectivity index (χ2v) is 16.1. The summed E-state index contributed by atoms with van der Waals surface area (Å²) in [7, 11) is -7.63. The van der Waals surface area contributed by atoms with E-state index in [1.54, 1.807) is 16.3 Å². The molecule has 40 heavy (non-hydrogen) atoms. The molecule has 1 amide bonds. The number of aryl methyl sites for hydroxylation is 1. The van der Waals surface area contributed by atoms with E-state index in [0.717, 1.165) is 43.3 Å². The molecule has 2 bridgehead atoms. The van der Waals surface area contributed by atoms with Crippen LogP contribution < -0.4 is 5.32 Å². The quantitative estimate of drug-likeness (QED) is 0.488. The topological polar surface area (TPSA) is 133 Å². The highest BCUT2D eigenvalue weighted by Gasteiger charge is 2.54. The number of aliphatic hydroxyl groups is 1. The van der Waals surface area contributed by atoms with Crippen molar-refractivity contribution in [2.24, 2.45) is 22.2 Å². The first-order chi connectivity index (χ1) is 18.8. The number of aliphatic hydroxyl groups excluding tert-OH is 1. The molecule has 0 radical (unpaired) electrons. The molecule has 2 aromatic rings. The van der Waals surface area contributed by atoms with E-state index in [0.29, 0.717) is 11.1 Å². The van der Waals surface area contributed by atoms with Crippen LogP contribution in [0.25, 0.3) is 0 Å². The van der Waals surface area contributed by atoms with E-state index in [9.17, 15) is 31.1 Å². The van der Waals surface area contributed by atoms with Crippen LogP contribution in [0.5, 0.6) is 0 Å². The van der Waals surface area contributed by atoms with Gasteiger partial charge in [0.25, 0.3) is 15.9 Å². The Morgan fingerprint density at radius 1 is 1.23 bits per heavy atom. The summed E-state index contributed by atoms with van der Waals surface area (Å²) in [5, 5.41) is 16.2. The lowest BCUT2D eigenvalue weighted by molar-refractivity contribution is -0.140. The van der Waals surface area contributed by atoms with Crippen LogP contribution in [0.2, 0.25) is 5.02 Å². The first-order valence-electron chi connectivity index (χ1n) is 12.9. The Hall–Kier alpha value is -2.48. The summed E-state index contributed by atoms with van der Waals surface area (Å²) in [5.74, 6) is -1.85. The molecule has 5 aliphatic rings. The molecule has 3 heterocycles. The fourth-order valence-electron chi connectivity index (χ4n) is 6.66. The molecule has 0 saturated heterocycles. The van der Waals surface area contributed by atoms with Crippen molar-refractivity contribution in [2.75, 3.05) is 17.3 Å². The van der Waals surface area contributed by atoms with E-state index >= 15 is 0 Å². The van der Waals surface area contributed by atoms with Gasteiger partial charge in [-0.1, -0.05) is 17.7 Å². The number of carbonyl (C=O) groups excluding carboxylic acids is 1. The fraction of sp³-hybridized carbons (Fsp3) is 0.462. The number of amidine groups is 1. The SMILES string of the molecule is CS(=O)(=O)CCc1csc2c1S(=O)(=O)N=C(C1=C(O)C3C4CCC(CC4)C3N(Cc3ccc(F)c(Cl)c3)C1=O)N2. The summed E-state index contributed by atoms with van der Waals surface area (Å²) < 4.78 is 67.8. The maximum absolute atomic E-state index is 14.1. The van der Waals surface area contributed by atoms with Crippen LogP contribution in [-0.4, -0.2) is 56.6 Å². The normalized spacial score (nSPS) is 27.2. The minimum atomic E-state index is -4.30. The number of anilines is 1. The number of carbonyl (C=O) groups is 1. The minimum Gasteiger partial charge on any atom is -0.511 e. The van der Waals surface area contributed by atoms with Gasteiger partial charge in [-0.15, -0.1) is 15.7 Å². The van der Waals surface area contributed by atoms with Gasteiger partial charge in [0, 0.05) is 24.8 Å². The molecular weight excluding hydrogens is 601 g/mol. The van der Waals surface area contributed by atoms with Gasteiger partial charge in [0.15, 0.2) is 5.84 Å². The third-order valence-electron chi connectivity index (χ3n) is 8.42. The number of sulfonamides is 1. The van der Waals surface area contributed by atoms with Crippen molar-refractivity contribution in [3.05, 3.63) is 56.9 Å². The van der Waals surface area contributed by atoms with Gasteiger partial charge in [0.2, 0.25) is 0 Å². The third kappa shape index (κ3) is 4.74. The van der Waals surface area contributed by atoms with E-state index in [2.05, 4.69) is 9.71 Å². The van der Waals surface area contributed by atoms with Gasteiger partial charge in [-0.2, -0.15) is 8.42 Å². The second kappa shape index (κ2) is 9.81. The molecule has 3 aliphatic carbocycles. The van der Waals surface area contributed by atoms with Crippen LogP contribution in [0.15, 0.2) is 44.2 Å². The number of rotatable bonds is 6. The molecule has 1 aromatic carbocycles. The molecule has 1 aromatic heterocycles. The average molecular weight is 628 g/mol. The number of benzene rings is 1. The molecule has 2 N–H and O–H groups in total. The van der Waals surface area contributed by atoms with E-state index in [4.69, 9.17) is 11.6 Å². The average Bonchev–Trinajstić information content (AvgIpc) is 3.31. The highest BCUT2D eigenvalue weighted by Crippen LogP contribution is 2.53. The zero-order valence-corrected chi connectivity index (χ0v) is 24.6. The van der Waals surface area contributed by atoms with Crippen LogP contribution in [0.3, 0.4) is 0 Å². The van der Waals surface area contributed by atoms with Crippen molar-refractivity contribution in [1.29, 1.82) is 0 Å². The van der Waals surface area contributed by atoms with Crippen LogP contribution in [-0.2, 0) is 37.6 Å². The first-order valence-corrected chi connectivity index (χ1v) is 17.7.